The van der Waals surface area contributed by atoms with Gasteiger partial charge in [-0.15, -0.1) is 0 Å². The van der Waals surface area contributed by atoms with Crippen LogP contribution in [0, 0.1) is 5.92 Å². The Bertz CT molecular complexity index is 807. The molecule has 2 bridgehead atoms. The maximum atomic E-state index is 12.6. The number of sulfone groups is 1. The summed E-state index contributed by atoms with van der Waals surface area (Å²) in [5.41, 5.74) is 1.20. The summed E-state index contributed by atoms with van der Waals surface area (Å²) in [6.45, 7) is 0. The zero-order valence-corrected chi connectivity index (χ0v) is 12.2. The molecular formula is C14H15N3O3S. The van der Waals surface area contributed by atoms with Gasteiger partial charge < -0.3 is 0 Å². The second kappa shape index (κ2) is 4.37. The molecule has 0 aliphatic carbocycles. The van der Waals surface area contributed by atoms with Crippen LogP contribution in [-0.2, 0) is 9.84 Å². The minimum atomic E-state index is -2.99. The van der Waals surface area contributed by atoms with Crippen molar-refractivity contribution in [1.29, 1.82) is 0 Å². The highest BCUT2D eigenvalue weighted by Crippen LogP contribution is 2.42. The summed E-state index contributed by atoms with van der Waals surface area (Å²) in [5, 5.41) is 3.42. The fourth-order valence-electron chi connectivity index (χ4n) is 3.59. The summed E-state index contributed by atoms with van der Waals surface area (Å²) in [5.74, 6) is -0.215. The fraction of sp³-hybridized carbons (Fsp3) is 0.500. The number of rotatable bonds is 2. The van der Waals surface area contributed by atoms with E-state index in [9.17, 15) is 13.2 Å². The third-order valence-corrected chi connectivity index (χ3v) is 7.45. The molecule has 2 saturated heterocycles. The van der Waals surface area contributed by atoms with Crippen LogP contribution < -0.4 is 0 Å². The van der Waals surface area contributed by atoms with Crippen LogP contribution in [0.2, 0.25) is 0 Å². The maximum Gasteiger partial charge on any atom is 0.169 e. The number of aromatic nitrogens is 3. The molecule has 7 heteroatoms. The normalized spacial score (nSPS) is 30.6. The van der Waals surface area contributed by atoms with E-state index < -0.39 is 9.84 Å². The molecule has 110 valence electrons. The highest BCUT2D eigenvalue weighted by Gasteiger charge is 2.48. The van der Waals surface area contributed by atoms with Crippen molar-refractivity contribution in [2.45, 2.75) is 36.2 Å². The SMILES string of the molecule is O=C(c1cnc2ccnn2c1)C1CC2CCC(C1)S2(=O)=O. The average molecular weight is 305 g/mol. The summed E-state index contributed by atoms with van der Waals surface area (Å²) in [7, 11) is -2.99. The quantitative estimate of drug-likeness (QED) is 0.780. The van der Waals surface area contributed by atoms with E-state index in [0.29, 0.717) is 36.9 Å². The smallest absolute Gasteiger partial charge is 0.169 e. The van der Waals surface area contributed by atoms with Gasteiger partial charge in [0.1, 0.15) is 0 Å². The van der Waals surface area contributed by atoms with Gasteiger partial charge in [-0.2, -0.15) is 5.10 Å². The van der Waals surface area contributed by atoms with E-state index >= 15 is 0 Å². The predicted octanol–water partition coefficient (Wildman–Crippen LogP) is 1.27. The molecule has 0 radical (unpaired) electrons. The van der Waals surface area contributed by atoms with Gasteiger partial charge in [0.15, 0.2) is 21.3 Å². The minimum Gasteiger partial charge on any atom is -0.294 e. The van der Waals surface area contributed by atoms with Crippen molar-refractivity contribution < 1.29 is 13.2 Å². The number of carbonyl (C=O) groups is 1. The molecular weight excluding hydrogens is 290 g/mol. The molecule has 6 nitrogen and oxygen atoms in total. The minimum absolute atomic E-state index is 0.00769. The zero-order valence-electron chi connectivity index (χ0n) is 11.3. The molecule has 0 spiro atoms. The van der Waals surface area contributed by atoms with Crippen LogP contribution in [0.1, 0.15) is 36.0 Å². The number of carbonyl (C=O) groups excluding carboxylic acids is 1. The Hall–Kier alpha value is -1.76. The largest absolute Gasteiger partial charge is 0.294 e. The maximum absolute atomic E-state index is 12.6. The third-order valence-electron chi connectivity index (χ3n) is 4.74. The number of nitrogens with zero attached hydrogens (tertiary/aromatic N) is 3. The van der Waals surface area contributed by atoms with Gasteiger partial charge in [-0.25, -0.2) is 17.9 Å². The highest BCUT2D eigenvalue weighted by molar-refractivity contribution is 7.93. The molecule has 2 aromatic rings. The van der Waals surface area contributed by atoms with E-state index in [4.69, 9.17) is 0 Å². The van der Waals surface area contributed by atoms with Crippen molar-refractivity contribution in [2.24, 2.45) is 5.92 Å². The molecule has 2 unspecified atom stereocenters. The van der Waals surface area contributed by atoms with Gasteiger partial charge in [-0.3, -0.25) is 4.79 Å². The Labute approximate surface area is 122 Å². The van der Waals surface area contributed by atoms with E-state index in [1.54, 1.807) is 29.2 Å². The van der Waals surface area contributed by atoms with Crippen molar-refractivity contribution in [2.75, 3.05) is 0 Å². The third kappa shape index (κ3) is 1.91. The van der Waals surface area contributed by atoms with Crippen molar-refractivity contribution in [3.8, 4) is 0 Å². The lowest BCUT2D eigenvalue weighted by Crippen LogP contribution is -2.36. The van der Waals surface area contributed by atoms with Crippen LogP contribution in [0.4, 0.5) is 0 Å². The Kier molecular flexibility index (Phi) is 2.69. The van der Waals surface area contributed by atoms with Gasteiger partial charge in [0.25, 0.3) is 0 Å². The number of fused-ring (bicyclic) bond motifs is 3. The van der Waals surface area contributed by atoms with Crippen LogP contribution in [0.5, 0.6) is 0 Å². The monoisotopic (exact) mass is 305 g/mol. The molecule has 4 heterocycles. The molecule has 2 fully saturated rings. The highest BCUT2D eigenvalue weighted by atomic mass is 32.2. The molecule has 0 amide bonds. The molecule has 2 atom stereocenters. The number of ketones is 1. The summed E-state index contributed by atoms with van der Waals surface area (Å²) in [4.78, 5) is 16.8. The molecule has 21 heavy (non-hydrogen) atoms. The van der Waals surface area contributed by atoms with Gasteiger partial charge in [0, 0.05) is 24.4 Å². The second-order valence-corrected chi connectivity index (χ2v) is 8.43. The number of hydrogen-bond acceptors (Lipinski definition) is 5. The van der Waals surface area contributed by atoms with Gasteiger partial charge in [-0.1, -0.05) is 0 Å². The predicted molar refractivity (Wildman–Crippen MR) is 75.8 cm³/mol. The second-order valence-electron chi connectivity index (χ2n) is 5.92. The topological polar surface area (TPSA) is 81.4 Å². The Balaban J connectivity index is 1.63. The van der Waals surface area contributed by atoms with Crippen LogP contribution >= 0.6 is 0 Å². The molecule has 2 aliphatic heterocycles. The van der Waals surface area contributed by atoms with E-state index in [-0.39, 0.29) is 22.2 Å². The average Bonchev–Trinajstić information content (AvgIpc) is 2.94. The van der Waals surface area contributed by atoms with Crippen molar-refractivity contribution in [3.63, 3.8) is 0 Å². The molecule has 2 aromatic heterocycles. The zero-order chi connectivity index (χ0) is 14.6. The Morgan fingerprint density at radius 1 is 1.24 bits per heavy atom. The standard InChI is InChI=1S/C14H15N3O3S/c18-14(10-7-15-13-3-4-16-17(13)8-10)9-5-11-1-2-12(6-9)21(11,19)20/h3-4,7-9,11-12H,1-2,5-6H2. The van der Waals surface area contributed by atoms with E-state index in [1.165, 1.54) is 0 Å². The molecule has 0 aromatic carbocycles. The first-order valence-electron chi connectivity index (χ1n) is 7.12. The van der Waals surface area contributed by atoms with Crippen molar-refractivity contribution in [1.82, 2.24) is 14.6 Å². The summed E-state index contributed by atoms with van der Waals surface area (Å²) >= 11 is 0. The number of hydrogen-bond donors (Lipinski definition) is 0. The number of Topliss-reactive ketones (excluding diaryl/α,β-unsaturated/α-hetero) is 1. The lowest BCUT2D eigenvalue weighted by molar-refractivity contribution is 0.0904. The molecule has 2 aliphatic rings. The first-order valence-corrected chi connectivity index (χ1v) is 8.73. The summed E-state index contributed by atoms with van der Waals surface area (Å²) in [6.07, 6.45) is 7.17. The fourth-order valence-corrected chi connectivity index (χ4v) is 6.07. The summed E-state index contributed by atoms with van der Waals surface area (Å²) in [6, 6.07) is 1.77. The van der Waals surface area contributed by atoms with Crippen LogP contribution in [0.25, 0.3) is 5.65 Å². The van der Waals surface area contributed by atoms with Crippen LogP contribution in [-0.4, -0.2) is 39.3 Å². The van der Waals surface area contributed by atoms with E-state index in [0.717, 1.165) is 0 Å². The first kappa shape index (κ1) is 12.9. The first-order chi connectivity index (χ1) is 10.1. The molecule has 0 saturated carbocycles. The van der Waals surface area contributed by atoms with Crippen LogP contribution in [0.15, 0.2) is 24.7 Å². The Morgan fingerprint density at radius 3 is 2.67 bits per heavy atom. The molecule has 0 N–H and O–H groups in total. The van der Waals surface area contributed by atoms with Gasteiger partial charge in [0.05, 0.1) is 22.3 Å². The molecule has 4 rings (SSSR count). The lowest BCUT2D eigenvalue weighted by atomic mass is 9.91. The van der Waals surface area contributed by atoms with E-state index in [2.05, 4.69) is 10.1 Å². The Morgan fingerprint density at radius 2 is 1.95 bits per heavy atom. The lowest BCUT2D eigenvalue weighted by Gasteiger charge is -2.26. The van der Waals surface area contributed by atoms with Gasteiger partial charge in [0.2, 0.25) is 0 Å². The van der Waals surface area contributed by atoms with Crippen molar-refractivity contribution >= 4 is 21.3 Å². The van der Waals surface area contributed by atoms with Gasteiger partial charge in [-0.05, 0) is 25.7 Å². The van der Waals surface area contributed by atoms with Crippen molar-refractivity contribution in [3.05, 3.63) is 30.2 Å². The van der Waals surface area contributed by atoms with Crippen LogP contribution in [0.3, 0.4) is 0 Å². The summed E-state index contributed by atoms with van der Waals surface area (Å²) < 4.78 is 25.7. The van der Waals surface area contributed by atoms with E-state index in [1.807, 2.05) is 0 Å². The van der Waals surface area contributed by atoms with Gasteiger partial charge >= 0.3 is 0 Å².